The SMILES string of the molecule is CC(C)(C)O.CC(C)(Cl)Cl.CC(C)(O)CCCN.CC(C)(O)CCN.CC(C)(O)CCc1cccnc1.CC(C)(O)Cn1ccnc1.CC(C)(O)Sc1ccc(Cl)cc1.CC(C)NC1CCCCCC1.CCCCCN(C)CCC(C)(C)O. The molecule has 0 aliphatic heterocycles. The Balaban J connectivity index is -0.000000279. The second kappa shape index (κ2) is 48.3. The number of aromatic nitrogens is 3. The van der Waals surface area contributed by atoms with Gasteiger partial charge in [0, 0.05) is 53.3 Å². The lowest BCUT2D eigenvalue weighted by Gasteiger charge is -2.22. The minimum atomic E-state index is -0.728. The molecule has 0 saturated heterocycles. The minimum absolute atomic E-state index is 0.500. The van der Waals surface area contributed by atoms with Crippen LogP contribution in [0.1, 0.15) is 234 Å². The van der Waals surface area contributed by atoms with Crippen LogP contribution in [0.2, 0.25) is 5.02 Å². The van der Waals surface area contributed by atoms with Gasteiger partial charge in [0.15, 0.2) is 0 Å². The van der Waals surface area contributed by atoms with Crippen LogP contribution >= 0.6 is 46.6 Å². The molecule has 0 atom stereocenters. The zero-order valence-corrected chi connectivity index (χ0v) is 59.3. The van der Waals surface area contributed by atoms with E-state index in [2.05, 4.69) is 48.0 Å². The molecule has 492 valence electrons. The average molecular weight is 1260 g/mol. The van der Waals surface area contributed by atoms with E-state index in [1.165, 1.54) is 75.1 Å². The number of hydrogen-bond donors (Lipinski definition) is 10. The monoisotopic (exact) mass is 1260 g/mol. The summed E-state index contributed by atoms with van der Waals surface area (Å²) in [7, 11) is 2.13. The van der Waals surface area contributed by atoms with Crippen molar-refractivity contribution in [2.45, 2.75) is 301 Å². The van der Waals surface area contributed by atoms with Crippen LogP contribution in [-0.4, -0.2) is 143 Å². The molecule has 1 aromatic carbocycles. The number of aliphatic hydroxyl groups is 7. The molecular weight excluding hydrogens is 1130 g/mol. The van der Waals surface area contributed by atoms with Crippen LogP contribution in [0.3, 0.4) is 0 Å². The normalized spacial score (nSPS) is 13.3. The van der Waals surface area contributed by atoms with Crippen molar-refractivity contribution in [2.24, 2.45) is 11.5 Å². The highest BCUT2D eigenvalue weighted by molar-refractivity contribution is 8.00. The summed E-state index contributed by atoms with van der Waals surface area (Å²) in [4.78, 5) is 10.5. The Labute approximate surface area is 528 Å². The highest BCUT2D eigenvalue weighted by Gasteiger charge is 2.16. The van der Waals surface area contributed by atoms with Gasteiger partial charge in [-0.15, -0.1) is 23.2 Å². The molecule has 12 N–H and O–H groups in total. The number of nitrogens with zero attached hydrogens (tertiary/aromatic N) is 4. The van der Waals surface area contributed by atoms with Gasteiger partial charge in [-0.25, -0.2) is 4.98 Å². The van der Waals surface area contributed by atoms with E-state index in [4.69, 9.17) is 61.6 Å². The quantitative estimate of drug-likeness (QED) is 0.0157. The molecule has 2 heterocycles. The van der Waals surface area contributed by atoms with Crippen LogP contribution in [-0.2, 0) is 13.0 Å². The van der Waals surface area contributed by atoms with Crippen molar-refractivity contribution < 1.29 is 35.7 Å². The number of nitrogens with two attached hydrogens (primary N) is 2. The van der Waals surface area contributed by atoms with Gasteiger partial charge in [-0.1, -0.05) is 88.7 Å². The number of thioether (sulfide) groups is 1. The largest absolute Gasteiger partial charge is 0.391 e. The molecule has 1 aliphatic carbocycles. The van der Waals surface area contributed by atoms with Crippen LogP contribution in [0, 0.1) is 0 Å². The summed E-state index contributed by atoms with van der Waals surface area (Å²) in [5.74, 6) is 0. The molecule has 3 aromatic rings. The van der Waals surface area contributed by atoms with Crippen molar-refractivity contribution in [1.82, 2.24) is 24.8 Å². The van der Waals surface area contributed by atoms with Gasteiger partial charge in [-0.2, -0.15) is 0 Å². The van der Waals surface area contributed by atoms with Crippen molar-refractivity contribution in [3.05, 3.63) is 78.1 Å². The van der Waals surface area contributed by atoms with E-state index in [0.29, 0.717) is 32.1 Å². The lowest BCUT2D eigenvalue weighted by molar-refractivity contribution is 0.0602. The summed E-state index contributed by atoms with van der Waals surface area (Å²) < 4.78 is 1.29. The van der Waals surface area contributed by atoms with Crippen molar-refractivity contribution in [3.63, 3.8) is 0 Å². The van der Waals surface area contributed by atoms with Crippen molar-refractivity contribution >= 4 is 46.6 Å². The van der Waals surface area contributed by atoms with Gasteiger partial charge < -0.3 is 62.0 Å². The molecule has 0 bridgehead atoms. The first kappa shape index (κ1) is 90.1. The van der Waals surface area contributed by atoms with E-state index in [1.54, 1.807) is 109 Å². The summed E-state index contributed by atoms with van der Waals surface area (Å²) in [5.41, 5.74) is 8.22. The van der Waals surface area contributed by atoms with Crippen molar-refractivity contribution in [2.75, 3.05) is 33.2 Å². The zero-order chi connectivity index (χ0) is 65.8. The van der Waals surface area contributed by atoms with Gasteiger partial charge in [0.05, 0.1) is 46.5 Å². The Kier molecular flexibility index (Phi) is 52.4. The highest BCUT2D eigenvalue weighted by atomic mass is 35.5. The van der Waals surface area contributed by atoms with Gasteiger partial charge >= 0.3 is 0 Å². The summed E-state index contributed by atoms with van der Waals surface area (Å²) >= 11 is 17.7. The number of pyridine rings is 1. The number of benzene rings is 1. The van der Waals surface area contributed by atoms with Gasteiger partial charge in [0.25, 0.3) is 0 Å². The molecule has 1 saturated carbocycles. The van der Waals surface area contributed by atoms with E-state index in [9.17, 15) is 20.4 Å². The Bertz CT molecular complexity index is 1820. The molecule has 4 rings (SSSR count). The van der Waals surface area contributed by atoms with Gasteiger partial charge in [-0.3, -0.25) is 4.98 Å². The van der Waals surface area contributed by atoms with Crippen molar-refractivity contribution in [1.29, 1.82) is 0 Å². The fourth-order valence-electron chi connectivity index (χ4n) is 6.63. The lowest BCUT2D eigenvalue weighted by atomic mass is 10.00. The van der Waals surface area contributed by atoms with E-state index in [1.807, 2.05) is 81.1 Å². The summed E-state index contributed by atoms with van der Waals surface area (Å²) in [5, 5.41) is 68.7. The number of unbranched alkanes of at least 4 members (excludes halogenated alkanes) is 2. The fourth-order valence-corrected chi connectivity index (χ4v) is 7.60. The zero-order valence-electron chi connectivity index (χ0n) is 56.3. The van der Waals surface area contributed by atoms with Crippen LogP contribution in [0.4, 0.5) is 0 Å². The molecule has 0 spiro atoms. The predicted molar refractivity (Wildman–Crippen MR) is 361 cm³/mol. The summed E-state index contributed by atoms with van der Waals surface area (Å²) in [6.07, 6.45) is 26.2. The van der Waals surface area contributed by atoms with Crippen LogP contribution < -0.4 is 16.8 Å². The Morgan fingerprint density at radius 3 is 1.45 bits per heavy atom. The molecule has 0 radical (unpaired) electrons. The standard InChI is InChI=1S/C11H25NO.C10H15NO.C10H21N.C9H11ClOS.C7H12N2O.C6H15NO.C5H13NO.C4H10O.C3H6Cl2/c1-5-6-7-9-12(4)10-8-11(2,3)13;1-10(2,12)6-5-9-4-3-7-11-8-9;1-9(2)11-10-7-5-3-4-6-8-10;1-9(2,11)12-8-5-3-7(10)4-6-8;1-7(2,10)5-9-4-3-8-6-9;1-6(2,8)4-3-5-7;1-5(2,7)3-4-6;1-4(2,3)5;1-3(2,4)5/h13H,5-10H2,1-4H3;3-4,7-8,12H,5-6H2,1-2H3;9-11H,3-8H2,1-2H3;3-6,11H,1-2H3;3-4,6,10H,5H2,1-2H3;8H,3-5,7H2,1-2H3;7H,3-4,6H2,1-2H3;5H,1-3H3;1-2H3. The first-order chi connectivity index (χ1) is 37.5. The molecule has 0 amide bonds. The average Bonchev–Trinajstić information content (AvgIpc) is 3.66. The predicted octanol–water partition coefficient (Wildman–Crippen LogP) is 14.2. The third kappa shape index (κ3) is 94.2. The molecule has 1 aliphatic rings. The minimum Gasteiger partial charge on any atom is -0.391 e. The Morgan fingerprint density at radius 2 is 1.12 bits per heavy atom. The Hall–Kier alpha value is -1.64. The van der Waals surface area contributed by atoms with Gasteiger partial charge in [0.2, 0.25) is 0 Å². The third-order valence-corrected chi connectivity index (χ3v) is 11.7. The molecule has 0 unspecified atom stereocenters. The van der Waals surface area contributed by atoms with E-state index in [-0.39, 0.29) is 0 Å². The Morgan fingerprint density at radius 1 is 0.639 bits per heavy atom. The molecule has 2 aromatic heterocycles. The molecule has 1 fully saturated rings. The fraction of sp³-hybridized carbons (Fsp3) is 0.785. The van der Waals surface area contributed by atoms with E-state index >= 15 is 0 Å². The summed E-state index contributed by atoms with van der Waals surface area (Å²) in [6.45, 7) is 40.9. The second-order valence-corrected chi connectivity index (χ2v) is 31.1. The number of hydrogen-bond acceptors (Lipinski definition) is 14. The van der Waals surface area contributed by atoms with Crippen LogP contribution in [0.5, 0.6) is 0 Å². The van der Waals surface area contributed by atoms with E-state index in [0.717, 1.165) is 61.2 Å². The number of rotatable bonds is 21. The summed E-state index contributed by atoms with van der Waals surface area (Å²) in [6, 6.07) is 12.8. The molecule has 18 heteroatoms. The number of alkyl halides is 2. The van der Waals surface area contributed by atoms with Gasteiger partial charge in [0.1, 0.15) is 9.27 Å². The second-order valence-electron chi connectivity index (χ2n) is 26.9. The lowest BCUT2D eigenvalue weighted by Crippen LogP contribution is -2.34. The van der Waals surface area contributed by atoms with Crippen LogP contribution in [0.15, 0.2) is 72.4 Å². The third-order valence-electron chi connectivity index (χ3n) is 10.5. The maximum absolute atomic E-state index is 9.51. The number of aryl methyl sites for hydroxylation is 1. The number of halogens is 3. The molecule has 14 nitrogen and oxygen atoms in total. The van der Waals surface area contributed by atoms with E-state index < -0.39 is 42.9 Å². The highest BCUT2D eigenvalue weighted by Crippen LogP contribution is 2.30. The first-order valence-corrected chi connectivity index (χ1v) is 32.0. The number of nitrogens with one attached hydrogen (secondary N) is 1. The topological polar surface area (TPSA) is 240 Å². The maximum atomic E-state index is 9.51. The van der Waals surface area contributed by atoms with Crippen molar-refractivity contribution in [3.8, 4) is 0 Å². The van der Waals surface area contributed by atoms with Crippen LogP contribution in [0.25, 0.3) is 0 Å². The first-order valence-electron chi connectivity index (χ1n) is 30.1. The maximum Gasteiger partial charge on any atom is 0.112 e. The molecule has 83 heavy (non-hydrogen) atoms. The van der Waals surface area contributed by atoms with Gasteiger partial charge in [-0.05, 0) is 238 Å². The molecular formula is C65H128Cl3N7O7S. The smallest absolute Gasteiger partial charge is 0.112 e. The number of imidazole rings is 1.